The van der Waals surface area contributed by atoms with Gasteiger partial charge in [0, 0.05) is 23.3 Å². The van der Waals surface area contributed by atoms with Crippen LogP contribution in [0.5, 0.6) is 5.75 Å². The van der Waals surface area contributed by atoms with Gasteiger partial charge in [-0.05, 0) is 42.5 Å². The molecular weight excluding hydrogens is 374 g/mol. The first-order valence-corrected chi connectivity index (χ1v) is 10.4. The fourth-order valence-corrected chi connectivity index (χ4v) is 3.59. The number of ether oxygens (including phenoxy) is 3. The number of carbonyl (C=O) groups excluding carboxylic acids is 1. The van der Waals surface area contributed by atoms with Crippen LogP contribution in [0.3, 0.4) is 0 Å². The highest BCUT2D eigenvalue weighted by molar-refractivity contribution is 7.98. The number of hydrogen-bond acceptors (Lipinski definition) is 6. The van der Waals surface area contributed by atoms with Gasteiger partial charge in [0.05, 0.1) is 19.8 Å². The molecule has 0 aliphatic carbocycles. The minimum Gasteiger partial charge on any atom is -0.497 e. The lowest BCUT2D eigenvalue weighted by Crippen LogP contribution is -2.34. The molecule has 2 aromatic carbocycles. The molecule has 0 radical (unpaired) electrons. The lowest BCUT2D eigenvalue weighted by atomic mass is 10.1. The van der Waals surface area contributed by atoms with Gasteiger partial charge < -0.3 is 19.5 Å². The van der Waals surface area contributed by atoms with E-state index < -0.39 is 0 Å². The van der Waals surface area contributed by atoms with E-state index in [4.69, 9.17) is 14.2 Å². The first-order chi connectivity index (χ1) is 13.7. The second kappa shape index (κ2) is 10.2. The predicted octanol–water partition coefficient (Wildman–Crippen LogP) is 4.29. The highest BCUT2D eigenvalue weighted by Crippen LogP contribution is 2.31. The molecule has 2 aromatic rings. The Balaban J connectivity index is 1.64. The molecule has 28 heavy (non-hydrogen) atoms. The summed E-state index contributed by atoms with van der Waals surface area (Å²) in [7, 11) is 1.65. The van der Waals surface area contributed by atoms with E-state index in [1.165, 1.54) is 6.08 Å². The highest BCUT2D eigenvalue weighted by atomic mass is 32.2. The number of carbonyl (C=O) groups is 1. The van der Waals surface area contributed by atoms with Crippen molar-refractivity contribution in [3.63, 3.8) is 0 Å². The van der Waals surface area contributed by atoms with Crippen LogP contribution in [0, 0.1) is 0 Å². The summed E-state index contributed by atoms with van der Waals surface area (Å²) in [4.78, 5) is 12.6. The molecule has 1 N–H and O–H groups in total. The molecule has 2 atom stereocenters. The largest absolute Gasteiger partial charge is 0.497 e. The molecule has 0 bridgehead atoms. The van der Waals surface area contributed by atoms with Crippen molar-refractivity contribution in [1.29, 1.82) is 0 Å². The minimum atomic E-state index is -0.315. The predicted molar refractivity (Wildman–Crippen MR) is 112 cm³/mol. The van der Waals surface area contributed by atoms with Crippen LogP contribution in [0.25, 0.3) is 0 Å². The molecule has 0 spiro atoms. The zero-order valence-corrected chi connectivity index (χ0v) is 16.9. The zero-order valence-electron chi connectivity index (χ0n) is 16.1. The van der Waals surface area contributed by atoms with E-state index in [-0.39, 0.29) is 18.1 Å². The maximum atomic E-state index is 11.5. The van der Waals surface area contributed by atoms with Gasteiger partial charge in [-0.15, -0.1) is 11.8 Å². The lowest BCUT2D eigenvalue weighted by Gasteiger charge is -2.25. The van der Waals surface area contributed by atoms with Crippen molar-refractivity contribution in [2.75, 3.05) is 25.3 Å². The Hall–Kier alpha value is -2.44. The van der Waals surface area contributed by atoms with Crippen molar-refractivity contribution in [3.8, 4) is 5.75 Å². The number of cyclic esters (lactones) is 1. The number of nitrogens with one attached hydrogen (secondary N) is 1. The Morgan fingerprint density at radius 1 is 1.21 bits per heavy atom. The van der Waals surface area contributed by atoms with E-state index in [1.54, 1.807) is 24.9 Å². The summed E-state index contributed by atoms with van der Waals surface area (Å²) in [5, 5.41) is 3.53. The van der Waals surface area contributed by atoms with E-state index in [0.717, 1.165) is 21.9 Å². The molecule has 0 saturated carbocycles. The quantitative estimate of drug-likeness (QED) is 0.365. The van der Waals surface area contributed by atoms with Gasteiger partial charge >= 0.3 is 5.97 Å². The standard InChI is InChI=1S/C22H25NO4S/c1-25-17-8-9-19(21(14-17)28-2)23-18(20-10-11-22(24)27-20)12-13-26-15-16-6-4-3-5-7-16/h3-11,14,18,20,23H,12-13,15H2,1-2H3/t18-,20+/m0/s1. The number of esters is 1. The van der Waals surface area contributed by atoms with E-state index >= 15 is 0 Å². The van der Waals surface area contributed by atoms with Crippen LogP contribution in [0.4, 0.5) is 5.69 Å². The molecule has 5 nitrogen and oxygen atoms in total. The Labute approximate surface area is 170 Å². The SMILES string of the molecule is COc1ccc(N[C@@H](CCOCc2ccccc2)[C@H]2C=CC(=O)O2)c(SC)c1. The molecule has 0 fully saturated rings. The molecular formula is C22H25NO4S. The minimum absolute atomic E-state index is 0.0854. The first kappa shape index (κ1) is 20.3. The number of rotatable bonds is 10. The molecule has 1 aliphatic rings. The van der Waals surface area contributed by atoms with Gasteiger partial charge in [0.1, 0.15) is 11.9 Å². The molecule has 1 heterocycles. The summed E-state index contributed by atoms with van der Waals surface area (Å²) in [6.45, 7) is 1.12. The van der Waals surface area contributed by atoms with E-state index in [2.05, 4.69) is 5.32 Å². The number of methoxy groups -OCH3 is 1. The topological polar surface area (TPSA) is 56.8 Å². The summed E-state index contributed by atoms with van der Waals surface area (Å²) in [6, 6.07) is 15.9. The normalized spacial score (nSPS) is 16.6. The number of hydrogen-bond donors (Lipinski definition) is 1. The number of anilines is 1. The molecule has 0 saturated heterocycles. The summed E-state index contributed by atoms with van der Waals surface area (Å²) < 4.78 is 16.6. The fourth-order valence-electron chi connectivity index (χ4n) is 3.01. The molecule has 0 unspecified atom stereocenters. The second-order valence-electron chi connectivity index (χ2n) is 6.40. The Morgan fingerprint density at radius 2 is 2.04 bits per heavy atom. The third-order valence-corrected chi connectivity index (χ3v) is 5.28. The zero-order chi connectivity index (χ0) is 19.8. The average molecular weight is 400 g/mol. The molecule has 0 amide bonds. The first-order valence-electron chi connectivity index (χ1n) is 9.18. The van der Waals surface area contributed by atoms with E-state index in [9.17, 15) is 4.79 Å². The van der Waals surface area contributed by atoms with Crippen LogP contribution in [0.1, 0.15) is 12.0 Å². The summed E-state index contributed by atoms with van der Waals surface area (Å²) in [6.07, 6.45) is 5.69. The maximum absolute atomic E-state index is 11.5. The van der Waals surface area contributed by atoms with Gasteiger partial charge in [-0.1, -0.05) is 30.3 Å². The number of benzene rings is 2. The highest BCUT2D eigenvalue weighted by Gasteiger charge is 2.27. The third kappa shape index (κ3) is 5.53. The maximum Gasteiger partial charge on any atom is 0.331 e. The Bertz CT molecular complexity index is 809. The van der Waals surface area contributed by atoms with Gasteiger partial charge in [0.15, 0.2) is 0 Å². The van der Waals surface area contributed by atoms with Gasteiger partial charge in [-0.3, -0.25) is 0 Å². The van der Waals surface area contributed by atoms with Crippen LogP contribution in [0.2, 0.25) is 0 Å². The van der Waals surface area contributed by atoms with Crippen molar-refractivity contribution in [3.05, 3.63) is 66.2 Å². The molecule has 3 rings (SSSR count). The second-order valence-corrected chi connectivity index (χ2v) is 7.25. The molecule has 148 valence electrons. The summed E-state index contributed by atoms with van der Waals surface area (Å²) >= 11 is 1.64. The van der Waals surface area contributed by atoms with Gasteiger partial charge in [-0.2, -0.15) is 0 Å². The van der Waals surface area contributed by atoms with Crippen LogP contribution in [-0.2, 0) is 20.9 Å². The van der Waals surface area contributed by atoms with Crippen LogP contribution in [0.15, 0.2) is 65.6 Å². The fraction of sp³-hybridized carbons (Fsp3) is 0.318. The van der Waals surface area contributed by atoms with Crippen molar-refractivity contribution < 1.29 is 19.0 Å². The van der Waals surface area contributed by atoms with E-state index in [1.807, 2.05) is 54.8 Å². The van der Waals surface area contributed by atoms with Crippen LogP contribution < -0.4 is 10.1 Å². The molecule has 1 aliphatic heterocycles. The molecule has 6 heteroatoms. The summed E-state index contributed by atoms with van der Waals surface area (Å²) in [5.41, 5.74) is 2.12. The van der Waals surface area contributed by atoms with Crippen molar-refractivity contribution in [2.45, 2.75) is 30.1 Å². The van der Waals surface area contributed by atoms with Crippen LogP contribution >= 0.6 is 11.8 Å². The van der Waals surface area contributed by atoms with Gasteiger partial charge in [-0.25, -0.2) is 4.79 Å². The van der Waals surface area contributed by atoms with Gasteiger partial charge in [0.25, 0.3) is 0 Å². The molecule has 0 aromatic heterocycles. The number of thioether (sulfide) groups is 1. The van der Waals surface area contributed by atoms with Crippen molar-refractivity contribution in [2.24, 2.45) is 0 Å². The monoisotopic (exact) mass is 399 g/mol. The van der Waals surface area contributed by atoms with Crippen molar-refractivity contribution in [1.82, 2.24) is 0 Å². The Kier molecular flexibility index (Phi) is 7.39. The van der Waals surface area contributed by atoms with Gasteiger partial charge in [0.2, 0.25) is 0 Å². The lowest BCUT2D eigenvalue weighted by molar-refractivity contribution is -0.139. The summed E-state index contributed by atoms with van der Waals surface area (Å²) in [5.74, 6) is 0.506. The smallest absolute Gasteiger partial charge is 0.331 e. The third-order valence-electron chi connectivity index (χ3n) is 4.51. The Morgan fingerprint density at radius 3 is 2.71 bits per heavy atom. The average Bonchev–Trinajstić information content (AvgIpc) is 3.17. The van der Waals surface area contributed by atoms with Crippen molar-refractivity contribution >= 4 is 23.4 Å². The van der Waals surface area contributed by atoms with E-state index in [0.29, 0.717) is 19.6 Å². The van der Waals surface area contributed by atoms with Crippen LogP contribution in [-0.4, -0.2) is 38.1 Å².